The molecular formula is C5H8F3NO3. The van der Waals surface area contributed by atoms with Crippen LogP contribution in [0.4, 0.5) is 13.2 Å². The van der Waals surface area contributed by atoms with Gasteiger partial charge in [-0.2, -0.15) is 13.2 Å². The number of nitrogens with zero attached hydrogens (tertiary/aromatic N) is 1. The zero-order valence-electron chi connectivity index (χ0n) is 6.42. The van der Waals surface area contributed by atoms with Crippen LogP contribution in [0.25, 0.3) is 0 Å². The molecule has 2 atom stereocenters. The van der Waals surface area contributed by atoms with Gasteiger partial charge in [-0.1, -0.05) is 0 Å². The fraction of sp³-hybridized carbons (Fsp3) is 1.00. The smallest absolute Gasteiger partial charge is 0.375 e. The van der Waals surface area contributed by atoms with Crippen molar-refractivity contribution in [3.63, 3.8) is 0 Å². The summed E-state index contributed by atoms with van der Waals surface area (Å²) in [6, 6.07) is -2.07. The number of aliphatic hydroxyl groups is 1. The van der Waals surface area contributed by atoms with Crippen LogP contribution in [0.5, 0.6) is 0 Å². The topological polar surface area (TPSA) is 63.4 Å². The average Bonchev–Trinajstić information content (AvgIpc) is 1.83. The van der Waals surface area contributed by atoms with Crippen molar-refractivity contribution in [2.24, 2.45) is 0 Å². The summed E-state index contributed by atoms with van der Waals surface area (Å²) >= 11 is 0. The Hall–Kier alpha value is -0.850. The summed E-state index contributed by atoms with van der Waals surface area (Å²) in [5, 5.41) is 18.7. The SMILES string of the molecule is CC([N+](=O)[O-])C(C)(O)C(F)(F)F. The first-order valence-corrected chi connectivity index (χ1v) is 3.03. The fourth-order valence-corrected chi connectivity index (χ4v) is 0.442. The molecule has 0 aliphatic heterocycles. The van der Waals surface area contributed by atoms with E-state index in [0.29, 0.717) is 13.8 Å². The summed E-state index contributed by atoms with van der Waals surface area (Å²) in [6.07, 6.45) is -4.99. The quantitative estimate of drug-likeness (QED) is 0.517. The van der Waals surface area contributed by atoms with E-state index >= 15 is 0 Å². The van der Waals surface area contributed by atoms with Crippen molar-refractivity contribution in [3.8, 4) is 0 Å². The van der Waals surface area contributed by atoms with Gasteiger partial charge in [0.25, 0.3) is 0 Å². The van der Waals surface area contributed by atoms with Gasteiger partial charge in [0.1, 0.15) is 0 Å². The third kappa shape index (κ3) is 1.84. The molecule has 7 heteroatoms. The van der Waals surface area contributed by atoms with Crippen LogP contribution in [0.3, 0.4) is 0 Å². The van der Waals surface area contributed by atoms with Crippen LogP contribution in [0.2, 0.25) is 0 Å². The highest BCUT2D eigenvalue weighted by atomic mass is 19.4. The molecule has 12 heavy (non-hydrogen) atoms. The zero-order valence-corrected chi connectivity index (χ0v) is 6.42. The number of alkyl halides is 3. The number of rotatable bonds is 2. The van der Waals surface area contributed by atoms with E-state index in [1.54, 1.807) is 0 Å². The maximum absolute atomic E-state index is 11.9. The Morgan fingerprint density at radius 3 is 1.92 bits per heavy atom. The Balaban J connectivity index is 4.73. The lowest BCUT2D eigenvalue weighted by Crippen LogP contribution is -2.53. The van der Waals surface area contributed by atoms with Crippen molar-refractivity contribution in [2.75, 3.05) is 0 Å². The van der Waals surface area contributed by atoms with Crippen LogP contribution in [-0.2, 0) is 0 Å². The van der Waals surface area contributed by atoms with E-state index in [1.165, 1.54) is 0 Å². The van der Waals surface area contributed by atoms with Crippen molar-refractivity contribution in [3.05, 3.63) is 10.1 Å². The predicted molar refractivity (Wildman–Crippen MR) is 33.1 cm³/mol. The van der Waals surface area contributed by atoms with E-state index < -0.39 is 22.7 Å². The standard InChI is InChI=1S/C5H8F3NO3/c1-3(9(11)12)4(2,10)5(6,7)8/h3,10H,1-2H3. The Morgan fingerprint density at radius 2 is 1.83 bits per heavy atom. The third-order valence-electron chi connectivity index (χ3n) is 1.70. The minimum absolute atomic E-state index is 0.375. The van der Waals surface area contributed by atoms with E-state index in [0.717, 1.165) is 0 Å². The van der Waals surface area contributed by atoms with Gasteiger partial charge in [0.15, 0.2) is 0 Å². The Labute approximate surface area is 66.1 Å². The molecule has 0 fully saturated rings. The highest BCUT2D eigenvalue weighted by molar-refractivity contribution is 4.86. The minimum atomic E-state index is -4.99. The predicted octanol–water partition coefficient (Wildman–Crippen LogP) is 0.965. The van der Waals surface area contributed by atoms with Gasteiger partial charge in [-0.25, -0.2) is 0 Å². The van der Waals surface area contributed by atoms with Gasteiger partial charge in [0, 0.05) is 11.8 Å². The molecule has 0 radical (unpaired) electrons. The molecular weight excluding hydrogens is 179 g/mol. The molecule has 0 saturated carbocycles. The lowest BCUT2D eigenvalue weighted by atomic mass is 9.98. The summed E-state index contributed by atoms with van der Waals surface area (Å²) in [5.41, 5.74) is -3.28. The van der Waals surface area contributed by atoms with Crippen LogP contribution in [0, 0.1) is 10.1 Å². The summed E-state index contributed by atoms with van der Waals surface area (Å²) in [7, 11) is 0. The molecule has 4 nitrogen and oxygen atoms in total. The van der Waals surface area contributed by atoms with Crippen LogP contribution < -0.4 is 0 Å². The number of hydrogen-bond acceptors (Lipinski definition) is 3. The van der Waals surface area contributed by atoms with Crippen molar-refractivity contribution in [1.29, 1.82) is 0 Å². The van der Waals surface area contributed by atoms with E-state index in [9.17, 15) is 23.3 Å². The summed E-state index contributed by atoms with van der Waals surface area (Å²) in [4.78, 5) is 8.77. The minimum Gasteiger partial charge on any atom is -0.375 e. The summed E-state index contributed by atoms with van der Waals surface area (Å²) < 4.78 is 35.7. The molecule has 0 aromatic carbocycles. The first-order valence-electron chi connectivity index (χ1n) is 3.03. The van der Waals surface area contributed by atoms with Gasteiger partial charge >= 0.3 is 6.18 Å². The second-order valence-corrected chi connectivity index (χ2v) is 2.61. The molecule has 0 aromatic heterocycles. The molecule has 0 bridgehead atoms. The van der Waals surface area contributed by atoms with E-state index in [-0.39, 0.29) is 0 Å². The first kappa shape index (κ1) is 11.2. The fourth-order valence-electron chi connectivity index (χ4n) is 0.442. The van der Waals surface area contributed by atoms with Crippen molar-refractivity contribution < 1.29 is 23.2 Å². The van der Waals surface area contributed by atoms with E-state index in [1.807, 2.05) is 0 Å². The van der Waals surface area contributed by atoms with Crippen LogP contribution in [0.1, 0.15) is 13.8 Å². The molecule has 0 spiro atoms. The lowest BCUT2D eigenvalue weighted by Gasteiger charge is -2.26. The monoisotopic (exact) mass is 187 g/mol. The van der Waals surface area contributed by atoms with E-state index in [4.69, 9.17) is 5.11 Å². The van der Waals surface area contributed by atoms with Gasteiger partial charge in [-0.3, -0.25) is 10.1 Å². The van der Waals surface area contributed by atoms with Gasteiger partial charge in [0.05, 0.1) is 0 Å². The van der Waals surface area contributed by atoms with Gasteiger partial charge in [-0.05, 0) is 6.92 Å². The molecule has 0 rings (SSSR count). The maximum Gasteiger partial charge on any atom is 0.423 e. The zero-order chi connectivity index (χ0) is 10.2. The second kappa shape index (κ2) is 2.89. The molecule has 72 valence electrons. The molecule has 1 N–H and O–H groups in total. The van der Waals surface area contributed by atoms with Crippen LogP contribution in [-0.4, -0.2) is 27.8 Å². The normalized spacial score (nSPS) is 19.8. The molecule has 0 aliphatic rings. The Morgan fingerprint density at radius 1 is 1.50 bits per heavy atom. The third-order valence-corrected chi connectivity index (χ3v) is 1.70. The number of halogens is 3. The van der Waals surface area contributed by atoms with Crippen LogP contribution >= 0.6 is 0 Å². The Kier molecular flexibility index (Phi) is 2.68. The van der Waals surface area contributed by atoms with E-state index in [2.05, 4.69) is 0 Å². The van der Waals surface area contributed by atoms with Crippen molar-refractivity contribution in [2.45, 2.75) is 31.7 Å². The molecule has 0 saturated heterocycles. The molecule has 0 heterocycles. The summed E-state index contributed by atoms with van der Waals surface area (Å²) in [5.74, 6) is 0. The largest absolute Gasteiger partial charge is 0.423 e. The number of hydrogen-bond donors (Lipinski definition) is 1. The lowest BCUT2D eigenvalue weighted by molar-refractivity contribution is -0.553. The van der Waals surface area contributed by atoms with Crippen molar-refractivity contribution >= 4 is 0 Å². The second-order valence-electron chi connectivity index (χ2n) is 2.61. The number of nitro groups is 1. The molecule has 0 aliphatic carbocycles. The highest BCUT2D eigenvalue weighted by Crippen LogP contribution is 2.33. The highest BCUT2D eigenvalue weighted by Gasteiger charge is 2.58. The first-order chi connectivity index (χ1) is 5.10. The van der Waals surface area contributed by atoms with Gasteiger partial charge in [0.2, 0.25) is 11.6 Å². The summed E-state index contributed by atoms with van der Waals surface area (Å²) in [6.45, 7) is 1.08. The van der Waals surface area contributed by atoms with Crippen LogP contribution in [0.15, 0.2) is 0 Å². The van der Waals surface area contributed by atoms with Gasteiger partial charge in [-0.15, -0.1) is 0 Å². The van der Waals surface area contributed by atoms with Gasteiger partial charge < -0.3 is 5.11 Å². The molecule has 0 aromatic rings. The molecule has 2 unspecified atom stereocenters. The van der Waals surface area contributed by atoms with Crippen molar-refractivity contribution in [1.82, 2.24) is 0 Å². The maximum atomic E-state index is 11.9. The Bertz CT molecular complexity index is 189. The average molecular weight is 187 g/mol. The molecule has 0 amide bonds.